The second-order valence-electron chi connectivity index (χ2n) is 3.34. The highest BCUT2D eigenvalue weighted by Gasteiger charge is 2.12. The summed E-state index contributed by atoms with van der Waals surface area (Å²) in [6.07, 6.45) is 0.0383. The molecule has 0 aliphatic heterocycles. The molecule has 5 N–H and O–H groups in total. The predicted octanol–water partition coefficient (Wildman–Crippen LogP) is 0.576. The van der Waals surface area contributed by atoms with Crippen LogP contribution in [0.1, 0.15) is 23.6 Å². The summed E-state index contributed by atoms with van der Waals surface area (Å²) >= 11 is 0. The van der Waals surface area contributed by atoms with Crippen LogP contribution in [0.15, 0.2) is 18.2 Å². The molecule has 1 rings (SSSR count). The standard InChI is InChI=1S/C10H14N2O2/c1-6-2-3-7(9(13)4-6)8(11)5-10(12)14/h2-4,8,13H,5,11H2,1H3,(H2,12,14). The summed E-state index contributed by atoms with van der Waals surface area (Å²) < 4.78 is 0. The SMILES string of the molecule is Cc1ccc(C(N)CC(N)=O)c(O)c1. The molecule has 14 heavy (non-hydrogen) atoms. The first-order valence-corrected chi connectivity index (χ1v) is 4.34. The van der Waals surface area contributed by atoms with Crippen molar-refractivity contribution in [1.82, 2.24) is 0 Å². The fraction of sp³-hybridized carbons (Fsp3) is 0.300. The van der Waals surface area contributed by atoms with Gasteiger partial charge >= 0.3 is 0 Å². The van der Waals surface area contributed by atoms with E-state index >= 15 is 0 Å². The average molecular weight is 194 g/mol. The molecule has 0 heterocycles. The van der Waals surface area contributed by atoms with Gasteiger partial charge in [0.05, 0.1) is 0 Å². The number of nitrogens with two attached hydrogens (primary N) is 2. The fourth-order valence-electron chi connectivity index (χ4n) is 1.29. The van der Waals surface area contributed by atoms with E-state index in [0.29, 0.717) is 5.56 Å². The summed E-state index contributed by atoms with van der Waals surface area (Å²) in [7, 11) is 0. The van der Waals surface area contributed by atoms with E-state index in [9.17, 15) is 9.90 Å². The number of aromatic hydroxyl groups is 1. The Morgan fingerprint density at radius 2 is 2.21 bits per heavy atom. The monoisotopic (exact) mass is 194 g/mol. The van der Waals surface area contributed by atoms with Gasteiger partial charge < -0.3 is 16.6 Å². The van der Waals surface area contributed by atoms with E-state index in [1.54, 1.807) is 12.1 Å². The van der Waals surface area contributed by atoms with E-state index in [1.807, 2.05) is 13.0 Å². The molecule has 0 spiro atoms. The van der Waals surface area contributed by atoms with Crippen LogP contribution in [0.25, 0.3) is 0 Å². The van der Waals surface area contributed by atoms with Crippen molar-refractivity contribution >= 4 is 5.91 Å². The minimum absolute atomic E-state index is 0.0383. The zero-order valence-electron chi connectivity index (χ0n) is 8.03. The maximum absolute atomic E-state index is 10.6. The van der Waals surface area contributed by atoms with Crippen LogP contribution < -0.4 is 11.5 Å². The zero-order valence-corrected chi connectivity index (χ0v) is 8.03. The second-order valence-corrected chi connectivity index (χ2v) is 3.34. The third-order valence-corrected chi connectivity index (χ3v) is 2.01. The number of benzene rings is 1. The molecule has 1 aromatic carbocycles. The topological polar surface area (TPSA) is 89.3 Å². The minimum atomic E-state index is -0.534. The average Bonchev–Trinajstić information content (AvgIpc) is 2.01. The van der Waals surface area contributed by atoms with Crippen LogP contribution >= 0.6 is 0 Å². The maximum Gasteiger partial charge on any atom is 0.219 e. The van der Waals surface area contributed by atoms with Gasteiger partial charge in [0.2, 0.25) is 5.91 Å². The lowest BCUT2D eigenvalue weighted by molar-refractivity contribution is -0.118. The van der Waals surface area contributed by atoms with Gasteiger partial charge in [0, 0.05) is 18.0 Å². The van der Waals surface area contributed by atoms with Gasteiger partial charge in [-0.25, -0.2) is 0 Å². The van der Waals surface area contributed by atoms with Gasteiger partial charge in [0.25, 0.3) is 0 Å². The molecule has 76 valence electrons. The molecule has 0 saturated carbocycles. The first-order chi connectivity index (χ1) is 6.50. The van der Waals surface area contributed by atoms with Gasteiger partial charge in [0.15, 0.2) is 0 Å². The molecule has 4 heteroatoms. The molecule has 4 nitrogen and oxygen atoms in total. The summed E-state index contributed by atoms with van der Waals surface area (Å²) in [6, 6.07) is 4.61. The second kappa shape index (κ2) is 4.11. The Bertz CT molecular complexity index is 350. The van der Waals surface area contributed by atoms with Crippen molar-refractivity contribution in [3.63, 3.8) is 0 Å². The maximum atomic E-state index is 10.6. The molecule has 0 aliphatic rings. The van der Waals surface area contributed by atoms with Crippen molar-refractivity contribution in [3.8, 4) is 5.75 Å². The largest absolute Gasteiger partial charge is 0.508 e. The van der Waals surface area contributed by atoms with Gasteiger partial charge in [-0.3, -0.25) is 4.79 Å². The van der Waals surface area contributed by atoms with Crippen molar-refractivity contribution in [2.24, 2.45) is 11.5 Å². The molecule has 0 saturated heterocycles. The molecule has 0 bridgehead atoms. The highest BCUT2D eigenvalue weighted by atomic mass is 16.3. The van der Waals surface area contributed by atoms with Gasteiger partial charge in [-0.15, -0.1) is 0 Å². The third kappa shape index (κ3) is 2.47. The third-order valence-electron chi connectivity index (χ3n) is 2.01. The fourth-order valence-corrected chi connectivity index (χ4v) is 1.29. The lowest BCUT2D eigenvalue weighted by Crippen LogP contribution is -2.20. The molecule has 0 aliphatic carbocycles. The molecule has 0 radical (unpaired) electrons. The van der Waals surface area contributed by atoms with Gasteiger partial charge in [-0.1, -0.05) is 12.1 Å². The van der Waals surface area contributed by atoms with Crippen molar-refractivity contribution in [3.05, 3.63) is 29.3 Å². The molecule has 0 fully saturated rings. The number of phenolic OH excluding ortho intramolecular Hbond substituents is 1. The summed E-state index contributed by atoms with van der Waals surface area (Å²) in [5.74, 6) is -0.365. The van der Waals surface area contributed by atoms with Crippen molar-refractivity contribution in [1.29, 1.82) is 0 Å². The highest BCUT2D eigenvalue weighted by Crippen LogP contribution is 2.25. The molecule has 1 amide bonds. The lowest BCUT2D eigenvalue weighted by Gasteiger charge is -2.11. The van der Waals surface area contributed by atoms with E-state index in [4.69, 9.17) is 11.5 Å². The van der Waals surface area contributed by atoms with E-state index in [0.717, 1.165) is 5.56 Å². The number of hydrogen-bond donors (Lipinski definition) is 3. The number of rotatable bonds is 3. The van der Waals surface area contributed by atoms with E-state index in [-0.39, 0.29) is 12.2 Å². The first kappa shape index (κ1) is 10.5. The minimum Gasteiger partial charge on any atom is -0.508 e. The van der Waals surface area contributed by atoms with Crippen LogP contribution in [-0.2, 0) is 4.79 Å². The molecule has 1 unspecified atom stereocenters. The van der Waals surface area contributed by atoms with Crippen LogP contribution in [0.5, 0.6) is 5.75 Å². The Morgan fingerprint density at radius 3 is 2.71 bits per heavy atom. The van der Waals surface area contributed by atoms with Gasteiger partial charge in [0.1, 0.15) is 5.75 Å². The number of amides is 1. The van der Waals surface area contributed by atoms with Crippen LogP contribution in [0, 0.1) is 6.92 Å². The predicted molar refractivity (Wildman–Crippen MR) is 53.6 cm³/mol. The van der Waals surface area contributed by atoms with Gasteiger partial charge in [-0.2, -0.15) is 0 Å². The summed E-state index contributed by atoms with van der Waals surface area (Å²) in [6.45, 7) is 1.86. The molecular weight excluding hydrogens is 180 g/mol. The molecule has 1 atom stereocenters. The number of aryl methyl sites for hydroxylation is 1. The molecule has 1 aromatic rings. The quantitative estimate of drug-likeness (QED) is 0.657. The Labute approximate surface area is 82.5 Å². The number of hydrogen-bond acceptors (Lipinski definition) is 3. The normalized spacial score (nSPS) is 12.4. The first-order valence-electron chi connectivity index (χ1n) is 4.34. The van der Waals surface area contributed by atoms with Crippen LogP contribution in [0.2, 0.25) is 0 Å². The molecular formula is C10H14N2O2. The number of phenols is 1. The Kier molecular flexibility index (Phi) is 3.09. The molecule has 0 aromatic heterocycles. The summed E-state index contributed by atoms with van der Waals surface area (Å²) in [5, 5.41) is 9.54. The smallest absolute Gasteiger partial charge is 0.219 e. The number of carbonyl (C=O) groups excluding carboxylic acids is 1. The van der Waals surface area contributed by atoms with E-state index < -0.39 is 11.9 Å². The summed E-state index contributed by atoms with van der Waals surface area (Å²) in [5.41, 5.74) is 12.2. The lowest BCUT2D eigenvalue weighted by atomic mass is 10.0. The Morgan fingerprint density at radius 1 is 1.57 bits per heavy atom. The van der Waals surface area contributed by atoms with Crippen molar-refractivity contribution < 1.29 is 9.90 Å². The highest BCUT2D eigenvalue weighted by molar-refractivity contribution is 5.74. The Hall–Kier alpha value is -1.55. The van der Waals surface area contributed by atoms with Crippen molar-refractivity contribution in [2.45, 2.75) is 19.4 Å². The van der Waals surface area contributed by atoms with Gasteiger partial charge in [-0.05, 0) is 18.6 Å². The zero-order chi connectivity index (χ0) is 10.7. The summed E-state index contributed by atoms with van der Waals surface area (Å²) in [4.78, 5) is 10.6. The Balaban J connectivity index is 2.90. The van der Waals surface area contributed by atoms with Crippen molar-refractivity contribution in [2.75, 3.05) is 0 Å². The van der Waals surface area contributed by atoms with Crippen LogP contribution in [0.4, 0.5) is 0 Å². The van der Waals surface area contributed by atoms with E-state index in [2.05, 4.69) is 0 Å². The number of primary amides is 1. The van der Waals surface area contributed by atoms with E-state index in [1.165, 1.54) is 0 Å². The van der Waals surface area contributed by atoms with Crippen LogP contribution in [-0.4, -0.2) is 11.0 Å². The number of carbonyl (C=O) groups is 1. The van der Waals surface area contributed by atoms with Crippen LogP contribution in [0.3, 0.4) is 0 Å².